The van der Waals surface area contributed by atoms with Crippen molar-refractivity contribution < 1.29 is 27.8 Å². The van der Waals surface area contributed by atoms with E-state index in [0.29, 0.717) is 48.2 Å². The molecule has 0 aliphatic carbocycles. The number of imidazole rings is 1. The maximum absolute atomic E-state index is 13.5. The topological polar surface area (TPSA) is 76.9 Å². The van der Waals surface area contributed by atoms with Crippen LogP contribution in [0.15, 0.2) is 36.4 Å². The number of aromatic nitrogens is 2. The van der Waals surface area contributed by atoms with E-state index >= 15 is 0 Å². The molecule has 1 aromatic heterocycles. The third-order valence-electron chi connectivity index (χ3n) is 7.08. The number of piperidine rings is 1. The SMILES string of the molecule is CC[C@H](c1nc2ccc(C#CC3CCCN(C(=O)OC(C)(C)C)C3)cc2n1-c1c(C=O)cccc1OC(F)F)N(C)C. The minimum absolute atomic E-state index is 0.0255. The van der Waals surface area contributed by atoms with E-state index in [1.807, 2.05) is 64.9 Å². The highest BCUT2D eigenvalue weighted by Crippen LogP contribution is 2.36. The third kappa shape index (κ3) is 7.08. The van der Waals surface area contributed by atoms with Crippen molar-refractivity contribution in [2.75, 3.05) is 27.2 Å². The molecule has 4 rings (SSSR count). The lowest BCUT2D eigenvalue weighted by molar-refractivity contribution is -0.0499. The molecular weight excluding hydrogens is 542 g/mol. The monoisotopic (exact) mass is 580 g/mol. The van der Waals surface area contributed by atoms with Crippen LogP contribution in [0.25, 0.3) is 16.7 Å². The molecule has 2 atom stereocenters. The molecule has 0 radical (unpaired) electrons. The van der Waals surface area contributed by atoms with Gasteiger partial charge in [-0.15, -0.1) is 0 Å². The van der Waals surface area contributed by atoms with Crippen LogP contribution in [0.3, 0.4) is 0 Å². The first-order valence-electron chi connectivity index (χ1n) is 14.1. The van der Waals surface area contributed by atoms with Crippen LogP contribution in [-0.2, 0) is 4.74 Å². The molecule has 0 bridgehead atoms. The van der Waals surface area contributed by atoms with Gasteiger partial charge in [-0.05, 0) is 84.5 Å². The van der Waals surface area contributed by atoms with Crippen molar-refractivity contribution in [1.29, 1.82) is 0 Å². The predicted molar refractivity (Wildman–Crippen MR) is 157 cm³/mol. The first kappa shape index (κ1) is 31.0. The molecule has 10 heteroatoms. The van der Waals surface area contributed by atoms with Crippen molar-refractivity contribution in [2.24, 2.45) is 5.92 Å². The summed E-state index contributed by atoms with van der Waals surface area (Å²) >= 11 is 0. The van der Waals surface area contributed by atoms with Gasteiger partial charge in [0, 0.05) is 30.1 Å². The summed E-state index contributed by atoms with van der Waals surface area (Å²) in [7, 11) is 3.84. The first-order valence-corrected chi connectivity index (χ1v) is 14.1. The van der Waals surface area contributed by atoms with Crippen LogP contribution in [0.1, 0.15) is 74.7 Å². The van der Waals surface area contributed by atoms with Gasteiger partial charge in [-0.25, -0.2) is 9.78 Å². The molecule has 0 spiro atoms. The zero-order valence-corrected chi connectivity index (χ0v) is 25.0. The number of carbonyl (C=O) groups is 2. The van der Waals surface area contributed by atoms with Gasteiger partial charge < -0.3 is 14.4 Å². The Morgan fingerprint density at radius 2 is 2.00 bits per heavy atom. The summed E-state index contributed by atoms with van der Waals surface area (Å²) in [6, 6.07) is 9.88. The van der Waals surface area contributed by atoms with Crippen LogP contribution in [0.5, 0.6) is 5.75 Å². The van der Waals surface area contributed by atoms with E-state index in [4.69, 9.17) is 14.5 Å². The number of para-hydroxylation sites is 1. The summed E-state index contributed by atoms with van der Waals surface area (Å²) in [6.07, 6.45) is 2.66. The number of benzene rings is 2. The molecule has 1 saturated heterocycles. The van der Waals surface area contributed by atoms with E-state index in [-0.39, 0.29) is 35.1 Å². The number of hydrogen-bond donors (Lipinski definition) is 0. The molecule has 8 nitrogen and oxygen atoms in total. The Hall–Kier alpha value is -3.97. The largest absolute Gasteiger partial charge is 0.444 e. The molecule has 1 aliphatic rings. The number of aldehydes is 1. The van der Waals surface area contributed by atoms with E-state index in [9.17, 15) is 18.4 Å². The van der Waals surface area contributed by atoms with Crippen LogP contribution in [-0.4, -0.2) is 71.1 Å². The van der Waals surface area contributed by atoms with E-state index in [2.05, 4.69) is 11.8 Å². The van der Waals surface area contributed by atoms with Crippen LogP contribution in [0.4, 0.5) is 13.6 Å². The Bertz CT molecular complexity index is 1500. The number of alkyl halides is 2. The maximum atomic E-state index is 13.5. The highest BCUT2D eigenvalue weighted by atomic mass is 19.3. The van der Waals surface area contributed by atoms with Gasteiger partial charge in [0.25, 0.3) is 0 Å². The number of likely N-dealkylation sites (tertiary alicyclic amines) is 1. The number of rotatable bonds is 7. The maximum Gasteiger partial charge on any atom is 0.410 e. The van der Waals surface area contributed by atoms with Gasteiger partial charge in [-0.2, -0.15) is 8.78 Å². The van der Waals surface area contributed by atoms with Crippen molar-refractivity contribution in [1.82, 2.24) is 19.4 Å². The molecule has 0 saturated carbocycles. The number of ether oxygens (including phenoxy) is 2. The van der Waals surface area contributed by atoms with Gasteiger partial charge in [0.05, 0.1) is 17.1 Å². The van der Waals surface area contributed by atoms with Crippen molar-refractivity contribution in [2.45, 2.75) is 65.2 Å². The number of carbonyl (C=O) groups excluding carboxylic acids is 2. The Morgan fingerprint density at radius 1 is 1.24 bits per heavy atom. The number of fused-ring (bicyclic) bond motifs is 1. The van der Waals surface area contributed by atoms with Crippen molar-refractivity contribution in [3.8, 4) is 23.3 Å². The standard InChI is InChI=1S/C32H38F2N4O4/c1-7-25(36(5)6)29-35-24-16-15-21(13-14-22-10-9-17-37(19-22)31(40)42-32(2,3)4)18-26(24)38(29)28-23(20-39)11-8-12-27(28)41-30(33)34/h8,11-12,15-16,18,20,22,25,30H,7,9-10,17,19H2,1-6H3/t22?,25-/m1/s1. The van der Waals surface area contributed by atoms with Crippen LogP contribution >= 0.6 is 0 Å². The fourth-order valence-corrected chi connectivity index (χ4v) is 5.25. The number of nitrogens with zero attached hydrogens (tertiary/aromatic N) is 4. The first-order chi connectivity index (χ1) is 19.9. The second kappa shape index (κ2) is 12.9. The molecule has 1 amide bonds. The highest BCUT2D eigenvalue weighted by Gasteiger charge is 2.28. The lowest BCUT2D eigenvalue weighted by atomic mass is 9.98. The molecule has 224 valence electrons. The molecule has 42 heavy (non-hydrogen) atoms. The summed E-state index contributed by atoms with van der Waals surface area (Å²) in [5, 5.41) is 0. The molecule has 2 heterocycles. The molecule has 2 aromatic carbocycles. The van der Waals surface area contributed by atoms with Crippen molar-refractivity contribution in [3.63, 3.8) is 0 Å². The predicted octanol–water partition coefficient (Wildman–Crippen LogP) is 6.45. The van der Waals surface area contributed by atoms with Crippen LogP contribution in [0.2, 0.25) is 0 Å². The van der Waals surface area contributed by atoms with Gasteiger partial charge >= 0.3 is 12.7 Å². The second-order valence-electron chi connectivity index (χ2n) is 11.6. The molecule has 1 unspecified atom stereocenters. The van der Waals surface area contributed by atoms with E-state index < -0.39 is 12.2 Å². The van der Waals surface area contributed by atoms with Crippen LogP contribution in [0, 0.1) is 17.8 Å². The quantitative estimate of drug-likeness (QED) is 0.236. The average molecular weight is 581 g/mol. The lowest BCUT2D eigenvalue weighted by Crippen LogP contribution is -2.42. The fraction of sp³-hybridized carbons (Fsp3) is 0.469. The summed E-state index contributed by atoms with van der Waals surface area (Å²) in [6.45, 7) is 5.58. The van der Waals surface area contributed by atoms with Gasteiger partial charge in [0.15, 0.2) is 12.0 Å². The highest BCUT2D eigenvalue weighted by molar-refractivity contribution is 5.88. The third-order valence-corrected chi connectivity index (χ3v) is 7.08. The normalized spacial score (nSPS) is 16.3. The number of halogens is 2. The summed E-state index contributed by atoms with van der Waals surface area (Å²) < 4.78 is 39.1. The molecule has 0 N–H and O–H groups in total. The Morgan fingerprint density at radius 3 is 2.64 bits per heavy atom. The second-order valence-corrected chi connectivity index (χ2v) is 11.6. The smallest absolute Gasteiger partial charge is 0.410 e. The Balaban J connectivity index is 1.79. The number of hydrogen-bond acceptors (Lipinski definition) is 6. The Labute approximate surface area is 245 Å². The minimum Gasteiger partial charge on any atom is -0.444 e. The van der Waals surface area contributed by atoms with E-state index in [0.717, 1.165) is 12.8 Å². The van der Waals surface area contributed by atoms with E-state index in [1.165, 1.54) is 12.1 Å². The van der Waals surface area contributed by atoms with Gasteiger partial charge in [-0.1, -0.05) is 24.8 Å². The zero-order chi connectivity index (χ0) is 30.6. The average Bonchev–Trinajstić information content (AvgIpc) is 3.28. The fourth-order valence-electron chi connectivity index (χ4n) is 5.25. The van der Waals surface area contributed by atoms with Crippen molar-refractivity contribution in [3.05, 3.63) is 53.3 Å². The minimum atomic E-state index is -3.07. The number of amides is 1. The van der Waals surface area contributed by atoms with Gasteiger partial charge in [-0.3, -0.25) is 14.3 Å². The molecular formula is C32H38F2N4O4. The van der Waals surface area contributed by atoms with Gasteiger partial charge in [0.2, 0.25) is 0 Å². The molecule has 1 aliphatic heterocycles. The van der Waals surface area contributed by atoms with Crippen LogP contribution < -0.4 is 4.74 Å². The van der Waals surface area contributed by atoms with Crippen molar-refractivity contribution >= 4 is 23.4 Å². The molecule has 3 aromatic rings. The van der Waals surface area contributed by atoms with Gasteiger partial charge in [0.1, 0.15) is 17.1 Å². The summed E-state index contributed by atoms with van der Waals surface area (Å²) in [4.78, 5) is 33.3. The Kier molecular flexibility index (Phi) is 9.52. The lowest BCUT2D eigenvalue weighted by Gasteiger charge is -2.32. The zero-order valence-electron chi connectivity index (χ0n) is 25.0. The summed E-state index contributed by atoms with van der Waals surface area (Å²) in [5.74, 6) is 7.00. The molecule has 1 fully saturated rings. The van der Waals surface area contributed by atoms with E-state index in [1.54, 1.807) is 15.5 Å². The summed E-state index contributed by atoms with van der Waals surface area (Å²) in [5.41, 5.74) is 1.78.